The normalized spacial score (nSPS) is 18.7. The molecule has 9 heteroatoms. The molecule has 1 fully saturated rings. The van der Waals surface area contributed by atoms with Crippen molar-refractivity contribution in [2.75, 3.05) is 13.2 Å². The van der Waals surface area contributed by atoms with Gasteiger partial charge in [-0.3, -0.25) is 4.90 Å². The Kier molecular flexibility index (Phi) is 5.00. The van der Waals surface area contributed by atoms with Crippen LogP contribution in [-0.2, 0) is 23.2 Å². The van der Waals surface area contributed by atoms with E-state index in [1.54, 1.807) is 6.07 Å². The third-order valence-corrected chi connectivity index (χ3v) is 6.38. The summed E-state index contributed by atoms with van der Waals surface area (Å²) < 4.78 is 28.7. The van der Waals surface area contributed by atoms with Gasteiger partial charge in [-0.1, -0.05) is 17.7 Å². The SMILES string of the molecule is O=C(O)N(CNS(=O)(=O)N1CCc2cc(Cl)ccc2C1)C1CCC1. The lowest BCUT2D eigenvalue weighted by molar-refractivity contribution is 0.0961. The van der Waals surface area contributed by atoms with E-state index in [0.717, 1.165) is 30.4 Å². The van der Waals surface area contributed by atoms with Gasteiger partial charge in [0.25, 0.3) is 10.2 Å². The third-order valence-electron chi connectivity index (χ3n) is 4.66. The number of carbonyl (C=O) groups is 1. The topological polar surface area (TPSA) is 90.0 Å². The second-order valence-electron chi connectivity index (χ2n) is 6.14. The minimum Gasteiger partial charge on any atom is -0.465 e. The predicted octanol–water partition coefficient (Wildman–Crippen LogP) is 2.02. The Bertz CT molecular complexity index is 736. The molecule has 1 saturated carbocycles. The molecule has 1 amide bonds. The molecule has 3 rings (SSSR count). The number of rotatable bonds is 5. The van der Waals surface area contributed by atoms with Crippen molar-refractivity contribution in [2.24, 2.45) is 0 Å². The minimum atomic E-state index is -3.74. The molecule has 0 spiro atoms. The Hall–Kier alpha value is -1.35. The van der Waals surface area contributed by atoms with Crippen LogP contribution in [0.4, 0.5) is 4.79 Å². The first kappa shape index (κ1) is 17.5. The van der Waals surface area contributed by atoms with Crippen molar-refractivity contribution >= 4 is 27.9 Å². The first-order valence-corrected chi connectivity index (χ1v) is 9.70. The summed E-state index contributed by atoms with van der Waals surface area (Å²) in [5.74, 6) is 0. The standard InChI is InChI=1S/C15H20ClN3O4S/c16-13-5-4-12-9-18(7-6-11(12)8-13)24(22,23)17-10-19(15(20)21)14-2-1-3-14/h4-5,8,14,17H,1-3,6-7,9-10H2,(H,20,21). The Labute approximate surface area is 146 Å². The first-order valence-electron chi connectivity index (χ1n) is 7.88. The van der Waals surface area contributed by atoms with E-state index < -0.39 is 16.3 Å². The zero-order valence-corrected chi connectivity index (χ0v) is 14.7. The third kappa shape index (κ3) is 3.66. The van der Waals surface area contributed by atoms with Gasteiger partial charge in [0, 0.05) is 24.2 Å². The molecule has 1 heterocycles. The van der Waals surface area contributed by atoms with Crippen molar-refractivity contribution in [3.63, 3.8) is 0 Å². The van der Waals surface area contributed by atoms with Gasteiger partial charge in [-0.2, -0.15) is 17.4 Å². The van der Waals surface area contributed by atoms with Crippen LogP contribution in [0.1, 0.15) is 30.4 Å². The van der Waals surface area contributed by atoms with Crippen molar-refractivity contribution in [1.82, 2.24) is 13.9 Å². The molecule has 1 aromatic rings. The highest BCUT2D eigenvalue weighted by atomic mass is 35.5. The van der Waals surface area contributed by atoms with Crippen LogP contribution in [-0.4, -0.2) is 48.1 Å². The first-order chi connectivity index (χ1) is 11.4. The van der Waals surface area contributed by atoms with Crippen LogP contribution in [0.25, 0.3) is 0 Å². The smallest absolute Gasteiger partial charge is 0.408 e. The summed E-state index contributed by atoms with van der Waals surface area (Å²) in [6, 6.07) is 5.34. The highest BCUT2D eigenvalue weighted by Gasteiger charge is 2.31. The fourth-order valence-corrected chi connectivity index (χ4v) is 4.31. The van der Waals surface area contributed by atoms with Crippen LogP contribution < -0.4 is 4.72 Å². The van der Waals surface area contributed by atoms with Gasteiger partial charge in [0.15, 0.2) is 0 Å². The number of nitrogens with one attached hydrogen (secondary N) is 1. The Balaban J connectivity index is 1.65. The predicted molar refractivity (Wildman–Crippen MR) is 90.0 cm³/mol. The van der Waals surface area contributed by atoms with E-state index in [0.29, 0.717) is 18.0 Å². The van der Waals surface area contributed by atoms with Gasteiger partial charge in [-0.25, -0.2) is 4.79 Å². The highest BCUT2D eigenvalue weighted by Crippen LogP contribution is 2.25. The van der Waals surface area contributed by atoms with Crippen molar-refractivity contribution in [3.05, 3.63) is 34.3 Å². The summed E-state index contributed by atoms with van der Waals surface area (Å²) in [6.07, 6.45) is 2.04. The van der Waals surface area contributed by atoms with Crippen molar-refractivity contribution in [3.8, 4) is 0 Å². The summed E-state index contributed by atoms with van der Waals surface area (Å²) in [5.41, 5.74) is 1.97. The lowest BCUT2D eigenvalue weighted by Gasteiger charge is -2.36. The van der Waals surface area contributed by atoms with Crippen LogP contribution >= 0.6 is 11.6 Å². The number of halogens is 1. The molecule has 2 N–H and O–H groups in total. The van der Waals surface area contributed by atoms with Gasteiger partial charge in [-0.15, -0.1) is 0 Å². The van der Waals surface area contributed by atoms with Crippen molar-refractivity contribution in [1.29, 1.82) is 0 Å². The maximum absolute atomic E-state index is 12.5. The summed E-state index contributed by atoms with van der Waals surface area (Å²) in [4.78, 5) is 12.5. The van der Waals surface area contributed by atoms with E-state index in [-0.39, 0.29) is 19.3 Å². The fourth-order valence-electron chi connectivity index (χ4n) is 2.99. The quantitative estimate of drug-likeness (QED) is 0.772. The lowest BCUT2D eigenvalue weighted by Crippen LogP contribution is -2.52. The zero-order valence-electron chi connectivity index (χ0n) is 13.1. The number of benzene rings is 1. The second kappa shape index (κ2) is 6.87. The Morgan fingerprint density at radius 1 is 1.38 bits per heavy atom. The van der Waals surface area contributed by atoms with Gasteiger partial charge in [0.1, 0.15) is 0 Å². The van der Waals surface area contributed by atoms with Gasteiger partial charge >= 0.3 is 6.09 Å². The zero-order chi connectivity index (χ0) is 17.3. The van der Waals surface area contributed by atoms with Crippen LogP contribution in [0.2, 0.25) is 5.02 Å². The van der Waals surface area contributed by atoms with E-state index in [9.17, 15) is 18.3 Å². The molecular weight excluding hydrogens is 354 g/mol. The van der Waals surface area contributed by atoms with Crippen LogP contribution in [0, 0.1) is 0 Å². The molecule has 0 atom stereocenters. The molecule has 0 bridgehead atoms. The molecule has 24 heavy (non-hydrogen) atoms. The summed E-state index contributed by atoms with van der Waals surface area (Å²) in [7, 11) is -3.74. The summed E-state index contributed by atoms with van der Waals surface area (Å²) in [6.45, 7) is 0.393. The van der Waals surface area contributed by atoms with Gasteiger partial charge in [0.05, 0.1) is 6.67 Å². The molecule has 1 aliphatic carbocycles. The number of hydrogen-bond donors (Lipinski definition) is 2. The second-order valence-corrected chi connectivity index (χ2v) is 8.33. The molecule has 0 unspecified atom stereocenters. The molecule has 0 radical (unpaired) electrons. The van der Waals surface area contributed by atoms with E-state index in [2.05, 4.69) is 4.72 Å². The number of carboxylic acid groups (broad SMARTS) is 1. The number of fused-ring (bicyclic) bond motifs is 1. The van der Waals surface area contributed by atoms with E-state index in [1.165, 1.54) is 9.21 Å². The van der Waals surface area contributed by atoms with Crippen molar-refractivity contribution in [2.45, 2.75) is 38.3 Å². The van der Waals surface area contributed by atoms with E-state index in [4.69, 9.17) is 11.6 Å². The summed E-state index contributed by atoms with van der Waals surface area (Å²) in [5, 5.41) is 9.88. The molecule has 132 valence electrons. The van der Waals surface area contributed by atoms with E-state index in [1.807, 2.05) is 12.1 Å². The van der Waals surface area contributed by atoms with Gasteiger partial charge in [0.2, 0.25) is 0 Å². The molecule has 1 aromatic carbocycles. The minimum absolute atomic E-state index is 0.0885. The van der Waals surface area contributed by atoms with Crippen LogP contribution in [0.3, 0.4) is 0 Å². The maximum Gasteiger partial charge on any atom is 0.408 e. The summed E-state index contributed by atoms with van der Waals surface area (Å²) >= 11 is 5.96. The Morgan fingerprint density at radius 3 is 2.75 bits per heavy atom. The number of hydrogen-bond acceptors (Lipinski definition) is 3. The highest BCUT2D eigenvalue weighted by molar-refractivity contribution is 7.87. The number of amides is 1. The average Bonchev–Trinajstić information content (AvgIpc) is 2.48. The van der Waals surface area contributed by atoms with E-state index >= 15 is 0 Å². The lowest BCUT2D eigenvalue weighted by atomic mass is 9.92. The van der Waals surface area contributed by atoms with Crippen LogP contribution in [0.5, 0.6) is 0 Å². The molecule has 2 aliphatic rings. The molecule has 0 aromatic heterocycles. The fraction of sp³-hybridized carbons (Fsp3) is 0.533. The maximum atomic E-state index is 12.5. The molecule has 7 nitrogen and oxygen atoms in total. The van der Waals surface area contributed by atoms with Crippen molar-refractivity contribution < 1.29 is 18.3 Å². The number of nitrogens with zero attached hydrogens (tertiary/aromatic N) is 2. The van der Waals surface area contributed by atoms with Gasteiger partial charge < -0.3 is 5.11 Å². The average molecular weight is 374 g/mol. The molecule has 1 aliphatic heterocycles. The van der Waals surface area contributed by atoms with Gasteiger partial charge in [-0.05, 0) is 48.9 Å². The molecule has 0 saturated heterocycles. The monoisotopic (exact) mass is 373 g/mol. The molecular formula is C15H20ClN3O4S. The Morgan fingerprint density at radius 2 is 2.12 bits per heavy atom. The largest absolute Gasteiger partial charge is 0.465 e. The van der Waals surface area contributed by atoms with Crippen LogP contribution in [0.15, 0.2) is 18.2 Å².